The number of fused-ring (bicyclic) bond motifs is 1. The van der Waals surface area contributed by atoms with Gasteiger partial charge in [0.05, 0.1) is 6.10 Å². The largest absolute Gasteiger partial charge is 0.484 e. The fraction of sp³-hybridized carbons (Fsp3) is 0.417. The van der Waals surface area contributed by atoms with Crippen molar-refractivity contribution >= 4 is 5.91 Å². The molecule has 0 radical (unpaired) electrons. The van der Waals surface area contributed by atoms with E-state index in [0.29, 0.717) is 5.75 Å². The molecule has 4 nitrogen and oxygen atoms in total. The van der Waals surface area contributed by atoms with Gasteiger partial charge in [0.25, 0.3) is 5.91 Å². The van der Waals surface area contributed by atoms with Crippen molar-refractivity contribution in [3.63, 3.8) is 0 Å². The minimum atomic E-state index is -0.344. The Kier molecular flexibility index (Phi) is 3.10. The third-order valence-corrected chi connectivity index (χ3v) is 2.81. The number of carbonyl (C=O) groups is 1. The third-order valence-electron chi connectivity index (χ3n) is 2.81. The van der Waals surface area contributed by atoms with Crippen LogP contribution in [0.25, 0.3) is 0 Å². The number of carbonyl (C=O) groups excluding carboxylic acids is 1. The first-order chi connectivity index (χ1) is 7.70. The van der Waals surface area contributed by atoms with Crippen molar-refractivity contribution in [2.75, 3.05) is 13.7 Å². The van der Waals surface area contributed by atoms with Crippen LogP contribution in [-0.2, 0) is 11.2 Å². The van der Waals surface area contributed by atoms with Crippen LogP contribution in [0.15, 0.2) is 18.2 Å². The number of ether oxygens (including phenoxy) is 1. The van der Waals surface area contributed by atoms with Crippen molar-refractivity contribution in [2.24, 2.45) is 0 Å². The summed E-state index contributed by atoms with van der Waals surface area (Å²) < 4.78 is 5.33. The highest BCUT2D eigenvalue weighted by molar-refractivity contribution is 5.77. The number of hydrogen-bond donors (Lipinski definition) is 2. The quantitative estimate of drug-likeness (QED) is 0.793. The van der Waals surface area contributed by atoms with Crippen molar-refractivity contribution in [2.45, 2.75) is 18.9 Å². The molecular formula is C12H15NO3. The van der Waals surface area contributed by atoms with Crippen molar-refractivity contribution in [3.05, 3.63) is 29.3 Å². The molecular weight excluding hydrogens is 206 g/mol. The normalized spacial score (nSPS) is 18.0. The molecule has 1 aromatic rings. The first kappa shape index (κ1) is 11.0. The fourth-order valence-corrected chi connectivity index (χ4v) is 1.88. The molecule has 4 heteroatoms. The number of aliphatic hydroxyl groups is 1. The highest BCUT2D eigenvalue weighted by Gasteiger charge is 2.20. The van der Waals surface area contributed by atoms with Crippen LogP contribution in [0.4, 0.5) is 0 Å². The molecule has 16 heavy (non-hydrogen) atoms. The van der Waals surface area contributed by atoms with Crippen LogP contribution in [0, 0.1) is 0 Å². The Bertz CT molecular complexity index is 403. The highest BCUT2D eigenvalue weighted by Crippen LogP contribution is 2.33. The Hall–Kier alpha value is -1.55. The van der Waals surface area contributed by atoms with E-state index in [0.717, 1.165) is 24.0 Å². The van der Waals surface area contributed by atoms with Gasteiger partial charge in [-0.25, -0.2) is 0 Å². The summed E-state index contributed by atoms with van der Waals surface area (Å²) in [5, 5.41) is 12.1. The molecule has 0 unspecified atom stereocenters. The Morgan fingerprint density at radius 2 is 2.44 bits per heavy atom. The number of amides is 1. The van der Waals surface area contributed by atoms with E-state index >= 15 is 0 Å². The van der Waals surface area contributed by atoms with Gasteiger partial charge in [0, 0.05) is 7.05 Å². The summed E-state index contributed by atoms with van der Waals surface area (Å²) in [6, 6.07) is 5.55. The monoisotopic (exact) mass is 221 g/mol. The SMILES string of the molecule is CNC(=O)COc1ccc2c(c1)CC[C@@H]2O. The van der Waals surface area contributed by atoms with Gasteiger partial charge >= 0.3 is 0 Å². The molecule has 1 amide bonds. The molecule has 86 valence electrons. The van der Waals surface area contributed by atoms with Gasteiger partial charge < -0.3 is 15.2 Å². The molecule has 0 spiro atoms. The van der Waals surface area contributed by atoms with Crippen LogP contribution in [0.3, 0.4) is 0 Å². The lowest BCUT2D eigenvalue weighted by atomic mass is 10.1. The Labute approximate surface area is 94.2 Å². The number of rotatable bonds is 3. The maximum Gasteiger partial charge on any atom is 0.257 e. The van der Waals surface area contributed by atoms with Gasteiger partial charge in [0.2, 0.25) is 0 Å². The second-order valence-electron chi connectivity index (χ2n) is 3.88. The van der Waals surface area contributed by atoms with Crippen molar-refractivity contribution in [3.8, 4) is 5.75 Å². The van der Waals surface area contributed by atoms with E-state index in [9.17, 15) is 9.90 Å². The lowest BCUT2D eigenvalue weighted by Gasteiger charge is -2.08. The van der Waals surface area contributed by atoms with E-state index in [1.807, 2.05) is 12.1 Å². The van der Waals surface area contributed by atoms with E-state index in [1.165, 1.54) is 0 Å². The van der Waals surface area contributed by atoms with Crippen LogP contribution in [0.2, 0.25) is 0 Å². The molecule has 0 saturated carbocycles. The maximum atomic E-state index is 11.0. The molecule has 0 aliphatic heterocycles. The van der Waals surface area contributed by atoms with Crippen molar-refractivity contribution in [1.29, 1.82) is 0 Å². The van der Waals surface area contributed by atoms with E-state index in [-0.39, 0.29) is 18.6 Å². The molecule has 2 N–H and O–H groups in total. The second-order valence-corrected chi connectivity index (χ2v) is 3.88. The van der Waals surface area contributed by atoms with Gasteiger partial charge in [0.1, 0.15) is 5.75 Å². The fourth-order valence-electron chi connectivity index (χ4n) is 1.88. The van der Waals surface area contributed by atoms with Crippen LogP contribution in [0.5, 0.6) is 5.75 Å². The van der Waals surface area contributed by atoms with Gasteiger partial charge in [-0.2, -0.15) is 0 Å². The average molecular weight is 221 g/mol. The van der Waals surface area contributed by atoms with Crippen LogP contribution in [-0.4, -0.2) is 24.7 Å². The van der Waals surface area contributed by atoms with Gasteiger partial charge in [-0.15, -0.1) is 0 Å². The second kappa shape index (κ2) is 4.53. The average Bonchev–Trinajstić information content (AvgIpc) is 2.67. The summed E-state index contributed by atoms with van der Waals surface area (Å²) in [6.45, 7) is 0.0256. The molecule has 2 rings (SSSR count). The van der Waals surface area contributed by atoms with Gasteiger partial charge in [0.15, 0.2) is 6.61 Å². The first-order valence-electron chi connectivity index (χ1n) is 5.35. The van der Waals surface area contributed by atoms with E-state index in [2.05, 4.69) is 5.32 Å². The molecule has 1 aliphatic rings. The summed E-state index contributed by atoms with van der Waals surface area (Å²) in [7, 11) is 1.57. The zero-order chi connectivity index (χ0) is 11.5. The molecule has 0 saturated heterocycles. The maximum absolute atomic E-state index is 11.0. The molecule has 0 heterocycles. The van der Waals surface area contributed by atoms with Crippen molar-refractivity contribution in [1.82, 2.24) is 5.32 Å². The number of aryl methyl sites for hydroxylation is 1. The summed E-state index contributed by atoms with van der Waals surface area (Å²) in [5.74, 6) is 0.525. The number of likely N-dealkylation sites (N-methyl/N-ethyl adjacent to an activating group) is 1. The number of benzene rings is 1. The first-order valence-corrected chi connectivity index (χ1v) is 5.35. The van der Waals surface area contributed by atoms with Gasteiger partial charge in [-0.1, -0.05) is 6.07 Å². The minimum absolute atomic E-state index is 0.0256. The van der Waals surface area contributed by atoms with E-state index in [4.69, 9.17) is 4.74 Å². The molecule has 0 bridgehead atoms. The zero-order valence-corrected chi connectivity index (χ0v) is 9.19. The molecule has 1 aromatic carbocycles. The number of aliphatic hydroxyl groups excluding tert-OH is 1. The summed E-state index contributed by atoms with van der Waals surface area (Å²) in [6.07, 6.45) is 1.30. The van der Waals surface area contributed by atoms with Gasteiger partial charge in [-0.3, -0.25) is 4.79 Å². The summed E-state index contributed by atoms with van der Waals surface area (Å²) in [4.78, 5) is 11.0. The van der Waals surface area contributed by atoms with Crippen LogP contribution < -0.4 is 10.1 Å². The van der Waals surface area contributed by atoms with E-state index in [1.54, 1.807) is 13.1 Å². The molecule has 1 aliphatic carbocycles. The number of nitrogens with one attached hydrogen (secondary N) is 1. The standard InChI is InChI=1S/C12H15NO3/c1-13-12(15)7-16-9-3-4-10-8(6-9)2-5-11(10)14/h3-4,6,11,14H,2,5,7H2,1H3,(H,13,15)/t11-/m0/s1. The van der Waals surface area contributed by atoms with Crippen LogP contribution >= 0.6 is 0 Å². The topological polar surface area (TPSA) is 58.6 Å². The minimum Gasteiger partial charge on any atom is -0.484 e. The predicted octanol–water partition coefficient (Wildman–Crippen LogP) is 0.791. The van der Waals surface area contributed by atoms with E-state index < -0.39 is 0 Å². The molecule has 0 fully saturated rings. The third kappa shape index (κ3) is 2.17. The highest BCUT2D eigenvalue weighted by atomic mass is 16.5. The van der Waals surface area contributed by atoms with Crippen molar-refractivity contribution < 1.29 is 14.6 Å². The molecule has 1 atom stereocenters. The summed E-state index contributed by atoms with van der Waals surface area (Å²) in [5.41, 5.74) is 2.09. The zero-order valence-electron chi connectivity index (χ0n) is 9.19. The Morgan fingerprint density at radius 1 is 1.62 bits per heavy atom. The lowest BCUT2D eigenvalue weighted by Crippen LogP contribution is -2.24. The molecule has 0 aromatic heterocycles. The van der Waals surface area contributed by atoms with Crippen LogP contribution in [0.1, 0.15) is 23.7 Å². The lowest BCUT2D eigenvalue weighted by molar-refractivity contribution is -0.122. The van der Waals surface area contributed by atoms with Gasteiger partial charge in [-0.05, 0) is 36.1 Å². The number of hydrogen-bond acceptors (Lipinski definition) is 3. The Morgan fingerprint density at radius 3 is 3.19 bits per heavy atom. The summed E-state index contributed by atoms with van der Waals surface area (Å²) >= 11 is 0. The predicted molar refractivity (Wildman–Crippen MR) is 59.3 cm³/mol. The Balaban J connectivity index is 2.05. The smallest absolute Gasteiger partial charge is 0.257 e.